The first-order valence-electron chi connectivity index (χ1n) is 6.67. The Kier molecular flexibility index (Phi) is 6.45. The van der Waals surface area contributed by atoms with E-state index in [1.54, 1.807) is 31.3 Å². The van der Waals surface area contributed by atoms with E-state index in [4.69, 9.17) is 17.3 Å². The molecule has 0 aliphatic heterocycles. The van der Waals surface area contributed by atoms with Crippen LogP contribution in [0.5, 0.6) is 0 Å². The first kappa shape index (κ1) is 17.4. The van der Waals surface area contributed by atoms with Crippen molar-refractivity contribution in [3.63, 3.8) is 0 Å². The van der Waals surface area contributed by atoms with E-state index >= 15 is 0 Å². The molecule has 6 heteroatoms. The van der Waals surface area contributed by atoms with Crippen molar-refractivity contribution in [3.05, 3.63) is 34.9 Å². The number of hydrogen-bond acceptors (Lipinski definition) is 3. The maximum absolute atomic E-state index is 12.3. The number of benzene rings is 1. The van der Waals surface area contributed by atoms with Crippen LogP contribution < -0.4 is 5.73 Å². The smallest absolute Gasteiger partial charge is 0.218 e. The predicted octanol–water partition coefficient (Wildman–Crippen LogP) is 2.48. The normalized spacial score (nSPS) is 13.9. The fourth-order valence-corrected chi connectivity index (χ4v) is 3.26. The fourth-order valence-electron chi connectivity index (χ4n) is 1.73. The first-order valence-corrected chi connectivity index (χ1v) is 8.65. The molecule has 1 unspecified atom stereocenters. The first-order chi connectivity index (χ1) is 9.24. The van der Waals surface area contributed by atoms with Crippen LogP contribution in [0.2, 0.25) is 5.02 Å². The number of rotatable bonds is 7. The Hall–Kier alpha value is -0.620. The molecule has 20 heavy (non-hydrogen) atoms. The summed E-state index contributed by atoms with van der Waals surface area (Å²) in [5, 5.41) is 0.475. The third kappa shape index (κ3) is 5.05. The van der Waals surface area contributed by atoms with E-state index in [2.05, 4.69) is 0 Å². The molecule has 4 nitrogen and oxygen atoms in total. The van der Waals surface area contributed by atoms with Crippen LogP contribution in [0.15, 0.2) is 24.3 Å². The second-order valence-corrected chi connectivity index (χ2v) is 7.85. The van der Waals surface area contributed by atoms with Crippen LogP contribution in [0.3, 0.4) is 0 Å². The summed E-state index contributed by atoms with van der Waals surface area (Å²) >= 11 is 6.00. The molecule has 0 bridgehead atoms. The summed E-state index contributed by atoms with van der Waals surface area (Å²) in [6.45, 7) is 4.48. The minimum absolute atomic E-state index is 0.00737. The molecule has 114 valence electrons. The Balaban J connectivity index is 2.67. The lowest BCUT2D eigenvalue weighted by atomic mass is 10.0. The summed E-state index contributed by atoms with van der Waals surface area (Å²) in [5.74, 6) is 0.259. The molecule has 0 saturated heterocycles. The summed E-state index contributed by atoms with van der Waals surface area (Å²) in [4.78, 5) is 0. The lowest BCUT2D eigenvalue weighted by molar-refractivity contribution is 0.397. The maximum Gasteiger partial charge on any atom is 0.218 e. The molecular formula is C14H23ClN2O2S. The van der Waals surface area contributed by atoms with Crippen LogP contribution in [-0.2, 0) is 15.8 Å². The highest BCUT2D eigenvalue weighted by Gasteiger charge is 2.20. The van der Waals surface area contributed by atoms with Crippen molar-refractivity contribution in [1.29, 1.82) is 0 Å². The molecule has 2 N–H and O–H groups in total. The molecule has 0 radical (unpaired) electrons. The van der Waals surface area contributed by atoms with Crippen molar-refractivity contribution in [2.75, 3.05) is 13.6 Å². The van der Waals surface area contributed by atoms with Gasteiger partial charge in [0.2, 0.25) is 10.0 Å². The van der Waals surface area contributed by atoms with Gasteiger partial charge in [-0.25, -0.2) is 12.7 Å². The Morgan fingerprint density at radius 2 is 1.90 bits per heavy atom. The summed E-state index contributed by atoms with van der Waals surface area (Å²) in [5.41, 5.74) is 6.56. The Bertz CT molecular complexity index is 532. The number of nitrogens with zero attached hydrogens (tertiary/aromatic N) is 1. The number of halogens is 1. The van der Waals surface area contributed by atoms with Gasteiger partial charge in [-0.3, -0.25) is 0 Å². The zero-order chi connectivity index (χ0) is 15.3. The lowest BCUT2D eigenvalue weighted by Crippen LogP contribution is -2.35. The summed E-state index contributed by atoms with van der Waals surface area (Å²) in [6.07, 6.45) is 0.649. The number of sulfonamides is 1. The van der Waals surface area contributed by atoms with Gasteiger partial charge in [-0.2, -0.15) is 0 Å². The van der Waals surface area contributed by atoms with Gasteiger partial charge in [0.05, 0.1) is 5.75 Å². The average molecular weight is 319 g/mol. The molecule has 0 saturated carbocycles. The summed E-state index contributed by atoms with van der Waals surface area (Å²) < 4.78 is 25.9. The average Bonchev–Trinajstić information content (AvgIpc) is 2.37. The van der Waals surface area contributed by atoms with E-state index in [0.717, 1.165) is 0 Å². The van der Waals surface area contributed by atoms with Gasteiger partial charge < -0.3 is 5.73 Å². The standard InChI is InChI=1S/C14H23ClN2O2S/c1-11(2)14(16)8-9-17(3)20(18,19)10-12-6-4-5-7-13(12)15/h4-7,11,14H,8-10,16H2,1-3H3. The van der Waals surface area contributed by atoms with E-state index in [1.807, 2.05) is 13.8 Å². The molecule has 1 aromatic carbocycles. The molecular weight excluding hydrogens is 296 g/mol. The summed E-state index contributed by atoms with van der Waals surface area (Å²) in [6, 6.07) is 7.00. The van der Waals surface area contributed by atoms with E-state index < -0.39 is 10.0 Å². The van der Waals surface area contributed by atoms with Crippen LogP contribution in [0.4, 0.5) is 0 Å². The van der Waals surface area contributed by atoms with Gasteiger partial charge in [-0.1, -0.05) is 43.6 Å². The second-order valence-electron chi connectivity index (χ2n) is 5.37. The molecule has 0 aromatic heterocycles. The van der Waals surface area contributed by atoms with Crippen molar-refractivity contribution in [2.45, 2.75) is 32.1 Å². The highest BCUT2D eigenvalue weighted by molar-refractivity contribution is 7.88. The van der Waals surface area contributed by atoms with Crippen LogP contribution >= 0.6 is 11.6 Å². The van der Waals surface area contributed by atoms with Gasteiger partial charge in [0.25, 0.3) is 0 Å². The largest absolute Gasteiger partial charge is 0.327 e. The molecule has 1 atom stereocenters. The van der Waals surface area contributed by atoms with Crippen molar-refractivity contribution >= 4 is 21.6 Å². The molecule has 1 rings (SSSR count). The predicted molar refractivity (Wildman–Crippen MR) is 84.1 cm³/mol. The SMILES string of the molecule is CC(C)C(N)CCN(C)S(=O)(=O)Cc1ccccc1Cl. The van der Waals surface area contributed by atoms with Crippen LogP contribution in [0.1, 0.15) is 25.8 Å². The van der Waals surface area contributed by atoms with Crippen molar-refractivity contribution in [1.82, 2.24) is 4.31 Å². The fraction of sp³-hybridized carbons (Fsp3) is 0.571. The van der Waals surface area contributed by atoms with E-state index in [-0.39, 0.29) is 11.8 Å². The van der Waals surface area contributed by atoms with Gasteiger partial charge in [-0.15, -0.1) is 0 Å². The zero-order valence-electron chi connectivity index (χ0n) is 12.2. The Morgan fingerprint density at radius 1 is 1.30 bits per heavy atom. The third-order valence-electron chi connectivity index (χ3n) is 3.40. The van der Waals surface area contributed by atoms with E-state index in [1.165, 1.54) is 4.31 Å². The van der Waals surface area contributed by atoms with Gasteiger partial charge in [-0.05, 0) is 24.0 Å². The Labute approximate surface area is 127 Å². The van der Waals surface area contributed by atoms with E-state index in [9.17, 15) is 8.42 Å². The minimum Gasteiger partial charge on any atom is -0.327 e. The van der Waals surface area contributed by atoms with Crippen LogP contribution in [0.25, 0.3) is 0 Å². The lowest BCUT2D eigenvalue weighted by Gasteiger charge is -2.21. The monoisotopic (exact) mass is 318 g/mol. The molecule has 0 heterocycles. The third-order valence-corrected chi connectivity index (χ3v) is 5.58. The zero-order valence-corrected chi connectivity index (χ0v) is 13.8. The molecule has 1 aromatic rings. The summed E-state index contributed by atoms with van der Waals surface area (Å²) in [7, 11) is -1.78. The van der Waals surface area contributed by atoms with E-state index in [0.29, 0.717) is 29.5 Å². The van der Waals surface area contributed by atoms with Gasteiger partial charge in [0.15, 0.2) is 0 Å². The quantitative estimate of drug-likeness (QED) is 0.840. The van der Waals surface area contributed by atoms with Crippen molar-refractivity contribution in [2.24, 2.45) is 11.7 Å². The second kappa shape index (κ2) is 7.41. The molecule has 0 aliphatic carbocycles. The highest BCUT2D eigenvalue weighted by Crippen LogP contribution is 2.19. The van der Waals surface area contributed by atoms with Crippen LogP contribution in [0, 0.1) is 5.92 Å². The van der Waals surface area contributed by atoms with Gasteiger partial charge in [0, 0.05) is 24.7 Å². The van der Waals surface area contributed by atoms with Crippen molar-refractivity contribution < 1.29 is 8.42 Å². The highest BCUT2D eigenvalue weighted by atomic mass is 35.5. The van der Waals surface area contributed by atoms with Crippen LogP contribution in [-0.4, -0.2) is 32.4 Å². The maximum atomic E-state index is 12.3. The topological polar surface area (TPSA) is 63.4 Å². The molecule has 0 spiro atoms. The van der Waals surface area contributed by atoms with Crippen molar-refractivity contribution in [3.8, 4) is 0 Å². The molecule has 0 fully saturated rings. The Morgan fingerprint density at radius 3 is 2.45 bits per heavy atom. The van der Waals surface area contributed by atoms with Gasteiger partial charge >= 0.3 is 0 Å². The number of nitrogens with two attached hydrogens (primary N) is 1. The molecule has 0 amide bonds. The van der Waals surface area contributed by atoms with Gasteiger partial charge in [0.1, 0.15) is 0 Å². The minimum atomic E-state index is -3.36. The number of hydrogen-bond donors (Lipinski definition) is 1. The molecule has 0 aliphatic rings.